The van der Waals surface area contributed by atoms with E-state index in [4.69, 9.17) is 4.74 Å². The molecule has 0 saturated heterocycles. The van der Waals surface area contributed by atoms with Crippen LogP contribution in [0, 0.1) is 0 Å². The molecule has 1 heterocycles. The normalized spacial score (nSPS) is 12.2. The van der Waals surface area contributed by atoms with Gasteiger partial charge in [0.2, 0.25) is 11.8 Å². The van der Waals surface area contributed by atoms with Gasteiger partial charge in [-0.3, -0.25) is 0 Å². The third kappa shape index (κ3) is 5.84. The highest BCUT2D eigenvalue weighted by molar-refractivity contribution is 5.28. The van der Waals surface area contributed by atoms with Crippen LogP contribution in [0.5, 0.6) is 5.88 Å². The van der Waals surface area contributed by atoms with Crippen molar-refractivity contribution in [3.05, 3.63) is 12.3 Å². The number of aromatic nitrogens is 2. The predicted molar refractivity (Wildman–Crippen MR) is 75.0 cm³/mol. The first-order valence-corrected chi connectivity index (χ1v) is 6.98. The fraction of sp³-hybridized carbons (Fsp3) is 0.714. The van der Waals surface area contributed by atoms with Gasteiger partial charge in [-0.25, -0.2) is 4.98 Å². The van der Waals surface area contributed by atoms with E-state index < -0.39 is 0 Å². The first kappa shape index (κ1) is 14.7. The highest BCUT2D eigenvalue weighted by Gasteiger charge is 2.05. The van der Waals surface area contributed by atoms with Crippen LogP contribution in [0.15, 0.2) is 12.3 Å². The van der Waals surface area contributed by atoms with Gasteiger partial charge in [-0.15, -0.1) is 0 Å². The summed E-state index contributed by atoms with van der Waals surface area (Å²) in [6.07, 6.45) is 7.66. The fourth-order valence-electron chi connectivity index (χ4n) is 1.69. The summed E-state index contributed by atoms with van der Waals surface area (Å²) >= 11 is 0. The van der Waals surface area contributed by atoms with Gasteiger partial charge in [0.05, 0.1) is 6.61 Å². The molecule has 1 N–H and O–H groups in total. The van der Waals surface area contributed by atoms with E-state index in [2.05, 4.69) is 36.1 Å². The average Bonchev–Trinajstić information content (AvgIpc) is 2.37. The van der Waals surface area contributed by atoms with Crippen LogP contribution in [0.3, 0.4) is 0 Å². The topological polar surface area (TPSA) is 47.0 Å². The van der Waals surface area contributed by atoms with Crippen LogP contribution in [0.1, 0.15) is 52.9 Å². The number of hydrogen-bond donors (Lipinski definition) is 1. The summed E-state index contributed by atoms with van der Waals surface area (Å²) in [5, 5.41) is 3.32. The Hall–Kier alpha value is -1.32. The number of ether oxygens (including phenoxy) is 1. The molecule has 0 saturated carbocycles. The molecule has 0 bridgehead atoms. The Bertz CT molecular complexity index is 331. The second-order valence-electron chi connectivity index (χ2n) is 4.61. The summed E-state index contributed by atoms with van der Waals surface area (Å²) in [5.41, 5.74) is 0. The molecule has 18 heavy (non-hydrogen) atoms. The van der Waals surface area contributed by atoms with Crippen molar-refractivity contribution in [1.82, 2.24) is 9.97 Å². The van der Waals surface area contributed by atoms with Crippen LogP contribution in [0.25, 0.3) is 0 Å². The summed E-state index contributed by atoms with van der Waals surface area (Å²) in [6.45, 7) is 7.16. The maximum absolute atomic E-state index is 5.48. The van der Waals surface area contributed by atoms with E-state index in [1.54, 1.807) is 12.3 Å². The lowest BCUT2D eigenvalue weighted by Crippen LogP contribution is -2.17. The maximum atomic E-state index is 5.48. The molecule has 0 aromatic carbocycles. The van der Waals surface area contributed by atoms with Crippen molar-refractivity contribution in [1.29, 1.82) is 0 Å². The molecule has 0 aliphatic rings. The Kier molecular flexibility index (Phi) is 7.14. The first-order valence-electron chi connectivity index (χ1n) is 6.98. The number of unbranched alkanes of at least 4 members (excludes halogenated alkanes) is 2. The predicted octanol–water partition coefficient (Wildman–Crippen LogP) is 3.65. The molecule has 4 heteroatoms. The van der Waals surface area contributed by atoms with Crippen molar-refractivity contribution in [2.45, 2.75) is 58.9 Å². The summed E-state index contributed by atoms with van der Waals surface area (Å²) in [6, 6.07) is 2.20. The zero-order chi connectivity index (χ0) is 13.2. The van der Waals surface area contributed by atoms with Gasteiger partial charge in [-0.1, -0.05) is 33.1 Å². The smallest absolute Gasteiger partial charge is 0.226 e. The molecule has 0 amide bonds. The Morgan fingerprint density at radius 2 is 2.11 bits per heavy atom. The van der Waals surface area contributed by atoms with Gasteiger partial charge in [-0.05, 0) is 19.8 Å². The molecule has 1 aromatic heterocycles. The molecule has 0 aliphatic carbocycles. The molecule has 0 aliphatic heterocycles. The van der Waals surface area contributed by atoms with Crippen molar-refractivity contribution in [2.75, 3.05) is 11.9 Å². The van der Waals surface area contributed by atoms with E-state index >= 15 is 0 Å². The summed E-state index contributed by atoms with van der Waals surface area (Å²) in [5.74, 6) is 1.31. The zero-order valence-corrected chi connectivity index (χ0v) is 11.8. The molecule has 0 radical (unpaired) electrons. The van der Waals surface area contributed by atoms with Crippen molar-refractivity contribution < 1.29 is 4.74 Å². The van der Waals surface area contributed by atoms with E-state index in [9.17, 15) is 0 Å². The monoisotopic (exact) mass is 251 g/mol. The van der Waals surface area contributed by atoms with Gasteiger partial charge in [0.15, 0.2) is 0 Å². The average molecular weight is 251 g/mol. The van der Waals surface area contributed by atoms with Crippen LogP contribution in [-0.4, -0.2) is 22.6 Å². The Balaban J connectivity index is 2.40. The number of nitrogens with zero attached hydrogens (tertiary/aromatic N) is 2. The SMILES string of the molecule is CCCCCC(C)Nc1nccc(OCCC)n1. The molecule has 4 nitrogen and oxygen atoms in total. The van der Waals surface area contributed by atoms with E-state index in [1.165, 1.54) is 19.3 Å². The third-order valence-electron chi connectivity index (χ3n) is 2.70. The minimum absolute atomic E-state index is 0.401. The van der Waals surface area contributed by atoms with E-state index in [1.807, 2.05) is 0 Å². The minimum Gasteiger partial charge on any atom is -0.478 e. The fourth-order valence-corrected chi connectivity index (χ4v) is 1.69. The number of nitrogens with one attached hydrogen (secondary N) is 1. The van der Waals surface area contributed by atoms with Crippen LogP contribution in [0.2, 0.25) is 0 Å². The van der Waals surface area contributed by atoms with E-state index in [0.717, 1.165) is 12.8 Å². The van der Waals surface area contributed by atoms with Gasteiger partial charge in [-0.2, -0.15) is 4.98 Å². The van der Waals surface area contributed by atoms with Gasteiger partial charge in [0.1, 0.15) is 0 Å². The Morgan fingerprint density at radius 1 is 1.28 bits per heavy atom. The van der Waals surface area contributed by atoms with Crippen molar-refractivity contribution in [2.24, 2.45) is 0 Å². The number of anilines is 1. The van der Waals surface area contributed by atoms with Gasteiger partial charge < -0.3 is 10.1 Å². The van der Waals surface area contributed by atoms with Gasteiger partial charge in [0.25, 0.3) is 0 Å². The minimum atomic E-state index is 0.401. The molecule has 1 aromatic rings. The second-order valence-corrected chi connectivity index (χ2v) is 4.61. The lowest BCUT2D eigenvalue weighted by Gasteiger charge is -2.13. The summed E-state index contributed by atoms with van der Waals surface area (Å²) in [7, 11) is 0. The molecule has 102 valence electrons. The quantitative estimate of drug-likeness (QED) is 0.681. The Labute approximate surface area is 110 Å². The van der Waals surface area contributed by atoms with Crippen molar-refractivity contribution >= 4 is 5.95 Å². The standard InChI is InChI=1S/C14H25N3O/c1-4-6-7-8-12(3)16-14-15-10-9-13(17-14)18-11-5-2/h9-10,12H,4-8,11H2,1-3H3,(H,15,16,17). The molecule has 0 fully saturated rings. The first-order chi connectivity index (χ1) is 8.76. The highest BCUT2D eigenvalue weighted by atomic mass is 16.5. The maximum Gasteiger partial charge on any atom is 0.226 e. The molecule has 1 rings (SSSR count). The van der Waals surface area contributed by atoms with Crippen LogP contribution in [0.4, 0.5) is 5.95 Å². The second kappa shape index (κ2) is 8.72. The van der Waals surface area contributed by atoms with Crippen LogP contribution >= 0.6 is 0 Å². The molecular formula is C14H25N3O. The highest BCUT2D eigenvalue weighted by Crippen LogP contribution is 2.11. The van der Waals surface area contributed by atoms with Crippen LogP contribution < -0.4 is 10.1 Å². The van der Waals surface area contributed by atoms with E-state index in [-0.39, 0.29) is 0 Å². The Morgan fingerprint density at radius 3 is 2.83 bits per heavy atom. The largest absolute Gasteiger partial charge is 0.478 e. The third-order valence-corrected chi connectivity index (χ3v) is 2.70. The van der Waals surface area contributed by atoms with Crippen molar-refractivity contribution in [3.63, 3.8) is 0 Å². The van der Waals surface area contributed by atoms with Gasteiger partial charge in [0, 0.05) is 18.3 Å². The zero-order valence-electron chi connectivity index (χ0n) is 11.8. The number of hydrogen-bond acceptors (Lipinski definition) is 4. The molecule has 1 atom stereocenters. The lowest BCUT2D eigenvalue weighted by molar-refractivity contribution is 0.305. The molecule has 1 unspecified atom stereocenters. The van der Waals surface area contributed by atoms with Crippen molar-refractivity contribution in [3.8, 4) is 5.88 Å². The molecular weight excluding hydrogens is 226 g/mol. The molecule has 0 spiro atoms. The lowest BCUT2D eigenvalue weighted by atomic mass is 10.1. The summed E-state index contributed by atoms with van der Waals surface area (Å²) < 4.78 is 5.48. The van der Waals surface area contributed by atoms with Gasteiger partial charge >= 0.3 is 0 Å². The summed E-state index contributed by atoms with van der Waals surface area (Å²) in [4.78, 5) is 8.55. The number of rotatable bonds is 9. The van der Waals surface area contributed by atoms with E-state index in [0.29, 0.717) is 24.5 Å². The van der Waals surface area contributed by atoms with Crippen LogP contribution in [-0.2, 0) is 0 Å².